The fourth-order valence-electron chi connectivity index (χ4n) is 4.80. The molecule has 1 aliphatic heterocycles. The lowest BCUT2D eigenvalue weighted by Crippen LogP contribution is -2.52. The second kappa shape index (κ2) is 10.9. The maximum atomic E-state index is 12.7. The summed E-state index contributed by atoms with van der Waals surface area (Å²) in [4.78, 5) is 37.0. The van der Waals surface area contributed by atoms with E-state index in [0.717, 1.165) is 22.3 Å². The molecule has 1 unspecified atom stereocenters. The SMILES string of the molecule is CC(C)CCC(NC(=O)[C@@H]1OCC[C@@H]1NC(=O)OCC1c2ccccc2-c2ccccc21)C(=O)O. The molecule has 0 spiro atoms. The second-order valence-corrected chi connectivity index (χ2v) is 9.53. The third-order valence-electron chi connectivity index (χ3n) is 6.64. The minimum atomic E-state index is -1.09. The molecule has 186 valence electrons. The molecule has 2 aliphatic rings. The first kappa shape index (κ1) is 24.7. The minimum Gasteiger partial charge on any atom is -0.480 e. The van der Waals surface area contributed by atoms with Gasteiger partial charge in [-0.15, -0.1) is 0 Å². The van der Waals surface area contributed by atoms with Crippen molar-refractivity contribution in [3.05, 3.63) is 59.7 Å². The predicted molar refractivity (Wildman–Crippen MR) is 130 cm³/mol. The Balaban J connectivity index is 1.34. The summed E-state index contributed by atoms with van der Waals surface area (Å²) in [7, 11) is 0. The number of aliphatic carboxylic acids is 1. The summed E-state index contributed by atoms with van der Waals surface area (Å²) >= 11 is 0. The molecule has 3 atom stereocenters. The molecule has 0 saturated carbocycles. The topological polar surface area (TPSA) is 114 Å². The number of hydrogen-bond donors (Lipinski definition) is 3. The Bertz CT molecular complexity index is 1040. The van der Waals surface area contributed by atoms with E-state index in [1.807, 2.05) is 50.2 Å². The second-order valence-electron chi connectivity index (χ2n) is 9.53. The number of rotatable bonds is 9. The summed E-state index contributed by atoms with van der Waals surface area (Å²) in [5.41, 5.74) is 4.51. The highest BCUT2D eigenvalue weighted by Crippen LogP contribution is 2.44. The van der Waals surface area contributed by atoms with Crippen LogP contribution in [0.15, 0.2) is 48.5 Å². The van der Waals surface area contributed by atoms with E-state index in [-0.39, 0.29) is 19.1 Å². The number of carbonyl (C=O) groups is 3. The van der Waals surface area contributed by atoms with Gasteiger partial charge in [-0.2, -0.15) is 0 Å². The van der Waals surface area contributed by atoms with Crippen LogP contribution in [0.4, 0.5) is 4.79 Å². The summed E-state index contributed by atoms with van der Waals surface area (Å²) in [6, 6.07) is 14.6. The molecule has 8 nitrogen and oxygen atoms in total. The lowest BCUT2D eigenvalue weighted by atomic mass is 9.98. The molecule has 3 N–H and O–H groups in total. The molecule has 2 aromatic rings. The van der Waals surface area contributed by atoms with Crippen molar-refractivity contribution in [3.8, 4) is 11.1 Å². The molecule has 1 saturated heterocycles. The van der Waals surface area contributed by atoms with E-state index < -0.39 is 36.2 Å². The van der Waals surface area contributed by atoms with Crippen molar-refractivity contribution in [3.63, 3.8) is 0 Å². The molecule has 0 bridgehead atoms. The van der Waals surface area contributed by atoms with Gasteiger partial charge in [-0.25, -0.2) is 9.59 Å². The first-order valence-electron chi connectivity index (χ1n) is 12.1. The lowest BCUT2D eigenvalue weighted by molar-refractivity contribution is -0.144. The smallest absolute Gasteiger partial charge is 0.407 e. The molecule has 35 heavy (non-hydrogen) atoms. The largest absolute Gasteiger partial charge is 0.480 e. The zero-order chi connectivity index (χ0) is 24.9. The Labute approximate surface area is 205 Å². The Hall–Kier alpha value is -3.39. The fourth-order valence-corrected chi connectivity index (χ4v) is 4.80. The molecule has 4 rings (SSSR count). The maximum absolute atomic E-state index is 12.7. The van der Waals surface area contributed by atoms with Gasteiger partial charge in [0.2, 0.25) is 0 Å². The Morgan fingerprint density at radius 2 is 1.66 bits per heavy atom. The highest BCUT2D eigenvalue weighted by atomic mass is 16.6. The van der Waals surface area contributed by atoms with Crippen LogP contribution in [-0.4, -0.2) is 54.5 Å². The molecule has 2 amide bonds. The number of carboxylic acids is 1. The van der Waals surface area contributed by atoms with E-state index in [0.29, 0.717) is 25.2 Å². The van der Waals surface area contributed by atoms with Crippen LogP contribution in [0.1, 0.15) is 50.2 Å². The van der Waals surface area contributed by atoms with Gasteiger partial charge in [0.05, 0.1) is 6.04 Å². The number of benzene rings is 2. The number of hydrogen-bond acceptors (Lipinski definition) is 5. The fraction of sp³-hybridized carbons (Fsp3) is 0.444. The Morgan fingerprint density at radius 1 is 1.03 bits per heavy atom. The molecular weight excluding hydrogens is 448 g/mol. The summed E-state index contributed by atoms with van der Waals surface area (Å²) < 4.78 is 11.1. The number of carbonyl (C=O) groups excluding carboxylic acids is 2. The molecular formula is C27H32N2O6. The van der Waals surface area contributed by atoms with Gasteiger partial charge in [0, 0.05) is 12.5 Å². The maximum Gasteiger partial charge on any atom is 0.407 e. The number of ether oxygens (including phenoxy) is 2. The van der Waals surface area contributed by atoms with Crippen LogP contribution in [-0.2, 0) is 19.1 Å². The quantitative estimate of drug-likeness (QED) is 0.504. The number of fused-ring (bicyclic) bond motifs is 3. The predicted octanol–water partition coefficient (Wildman–Crippen LogP) is 3.69. The summed E-state index contributed by atoms with van der Waals surface area (Å²) in [6.07, 6.45) is -0.155. The number of carboxylic acid groups (broad SMARTS) is 1. The molecule has 8 heteroatoms. The summed E-state index contributed by atoms with van der Waals surface area (Å²) in [5, 5.41) is 14.8. The minimum absolute atomic E-state index is 0.0654. The summed E-state index contributed by atoms with van der Waals surface area (Å²) in [5.74, 6) is -1.37. The molecule has 0 radical (unpaired) electrons. The standard InChI is InChI=1S/C27H32N2O6/c1-16(2)11-12-23(26(31)32)28-25(30)24-22(13-14-34-24)29-27(33)35-15-21-19-9-5-3-7-17(19)18-8-4-6-10-20(18)21/h3-10,16,21-24H,11-15H2,1-2H3,(H,28,30)(H,29,33)(H,31,32)/t22-,23?,24+/m0/s1. The molecule has 1 aliphatic carbocycles. The van der Waals surface area contributed by atoms with E-state index in [4.69, 9.17) is 9.47 Å². The highest BCUT2D eigenvalue weighted by molar-refractivity contribution is 5.87. The molecule has 1 fully saturated rings. The van der Waals surface area contributed by atoms with E-state index in [1.54, 1.807) is 0 Å². The highest BCUT2D eigenvalue weighted by Gasteiger charge is 2.37. The van der Waals surface area contributed by atoms with Gasteiger partial charge in [0.15, 0.2) is 6.10 Å². The van der Waals surface area contributed by atoms with Gasteiger partial charge in [-0.05, 0) is 47.4 Å². The van der Waals surface area contributed by atoms with Gasteiger partial charge >= 0.3 is 12.1 Å². The van der Waals surface area contributed by atoms with Crippen LogP contribution in [0.5, 0.6) is 0 Å². The van der Waals surface area contributed by atoms with E-state index in [1.165, 1.54) is 0 Å². The van der Waals surface area contributed by atoms with Crippen LogP contribution in [0, 0.1) is 5.92 Å². The van der Waals surface area contributed by atoms with Crippen molar-refractivity contribution < 1.29 is 29.0 Å². The third-order valence-corrected chi connectivity index (χ3v) is 6.64. The first-order valence-corrected chi connectivity index (χ1v) is 12.1. The number of alkyl carbamates (subject to hydrolysis) is 1. The Morgan fingerprint density at radius 3 is 2.26 bits per heavy atom. The van der Waals surface area contributed by atoms with Crippen molar-refractivity contribution in [2.45, 2.75) is 57.2 Å². The van der Waals surface area contributed by atoms with Gasteiger partial charge in [-0.1, -0.05) is 62.4 Å². The average molecular weight is 481 g/mol. The van der Waals surface area contributed by atoms with E-state index in [9.17, 15) is 19.5 Å². The number of nitrogens with one attached hydrogen (secondary N) is 2. The van der Waals surface area contributed by atoms with Crippen LogP contribution < -0.4 is 10.6 Å². The zero-order valence-corrected chi connectivity index (χ0v) is 20.0. The van der Waals surface area contributed by atoms with Gasteiger partial charge in [0.25, 0.3) is 5.91 Å². The number of amides is 2. The van der Waals surface area contributed by atoms with E-state index >= 15 is 0 Å². The van der Waals surface area contributed by atoms with Crippen molar-refractivity contribution in [2.75, 3.05) is 13.2 Å². The van der Waals surface area contributed by atoms with Crippen LogP contribution >= 0.6 is 0 Å². The third kappa shape index (κ3) is 5.65. The Kier molecular flexibility index (Phi) is 7.70. The lowest BCUT2D eigenvalue weighted by Gasteiger charge is -2.22. The summed E-state index contributed by atoms with van der Waals surface area (Å²) in [6.45, 7) is 4.45. The normalized spacial score (nSPS) is 19.6. The molecule has 0 aromatic heterocycles. The monoisotopic (exact) mass is 480 g/mol. The van der Waals surface area contributed by atoms with Crippen LogP contribution in [0.2, 0.25) is 0 Å². The van der Waals surface area contributed by atoms with Gasteiger partial charge in [-0.3, -0.25) is 4.79 Å². The van der Waals surface area contributed by atoms with Gasteiger partial charge < -0.3 is 25.2 Å². The van der Waals surface area contributed by atoms with Gasteiger partial charge in [0.1, 0.15) is 12.6 Å². The van der Waals surface area contributed by atoms with Crippen molar-refractivity contribution in [1.29, 1.82) is 0 Å². The van der Waals surface area contributed by atoms with Crippen LogP contribution in [0.3, 0.4) is 0 Å². The molecule has 1 heterocycles. The molecule has 2 aromatic carbocycles. The zero-order valence-electron chi connectivity index (χ0n) is 20.0. The van der Waals surface area contributed by atoms with Crippen LogP contribution in [0.25, 0.3) is 11.1 Å². The average Bonchev–Trinajstić information content (AvgIpc) is 3.42. The van der Waals surface area contributed by atoms with Crippen molar-refractivity contribution >= 4 is 18.0 Å². The van der Waals surface area contributed by atoms with E-state index in [2.05, 4.69) is 22.8 Å². The first-order chi connectivity index (χ1) is 16.8. The van der Waals surface area contributed by atoms with Crippen molar-refractivity contribution in [2.24, 2.45) is 5.92 Å². The van der Waals surface area contributed by atoms with Crippen molar-refractivity contribution in [1.82, 2.24) is 10.6 Å².